The molecule has 3 atom stereocenters. The molecule has 0 spiro atoms. The summed E-state index contributed by atoms with van der Waals surface area (Å²) in [5, 5.41) is 2.55. The summed E-state index contributed by atoms with van der Waals surface area (Å²) >= 11 is 0. The Morgan fingerprint density at radius 2 is 1.67 bits per heavy atom. The lowest BCUT2D eigenvalue weighted by Gasteiger charge is -2.41. The van der Waals surface area contributed by atoms with Gasteiger partial charge in [0.05, 0.1) is 0 Å². The molecule has 3 heteroatoms. The minimum atomic E-state index is 0.699. The maximum atomic E-state index is 3.85. The van der Waals surface area contributed by atoms with E-state index >= 15 is 0 Å². The van der Waals surface area contributed by atoms with Gasteiger partial charge in [0.25, 0.3) is 0 Å². The molecule has 0 radical (unpaired) electrons. The van der Waals surface area contributed by atoms with Gasteiger partial charge in [-0.1, -0.05) is 13.3 Å². The zero-order valence-corrected chi connectivity index (χ0v) is 12.5. The Balaban J connectivity index is 1.84. The number of piperidine rings is 1. The zero-order chi connectivity index (χ0) is 13.0. The third-order valence-corrected chi connectivity index (χ3v) is 4.79. The van der Waals surface area contributed by atoms with Gasteiger partial charge in [-0.3, -0.25) is 5.43 Å². The van der Waals surface area contributed by atoms with Crippen molar-refractivity contribution in [2.75, 3.05) is 19.6 Å². The molecule has 2 rings (SSSR count). The number of rotatable bonds is 3. The van der Waals surface area contributed by atoms with Crippen LogP contribution in [0.3, 0.4) is 0 Å². The summed E-state index contributed by atoms with van der Waals surface area (Å²) in [6, 6.07) is 2.11. The highest BCUT2D eigenvalue weighted by atomic mass is 15.5. The average Bonchev–Trinajstić information content (AvgIpc) is 2.59. The van der Waals surface area contributed by atoms with Gasteiger partial charge in [-0.25, -0.2) is 5.01 Å². The van der Waals surface area contributed by atoms with E-state index in [1.54, 1.807) is 0 Å². The number of hydrogen-bond donors (Lipinski definition) is 1. The number of hydrazine groups is 1. The summed E-state index contributed by atoms with van der Waals surface area (Å²) in [5.41, 5.74) is 3.85. The normalized spacial score (nSPS) is 36.5. The van der Waals surface area contributed by atoms with Crippen LogP contribution in [0.5, 0.6) is 0 Å². The zero-order valence-electron chi connectivity index (χ0n) is 12.5. The van der Waals surface area contributed by atoms with Gasteiger partial charge in [0.15, 0.2) is 0 Å². The van der Waals surface area contributed by atoms with Crippen LogP contribution in [-0.4, -0.2) is 47.7 Å². The molecule has 3 unspecified atom stereocenters. The Kier molecular flexibility index (Phi) is 5.46. The van der Waals surface area contributed by atoms with Gasteiger partial charge in [-0.15, -0.1) is 0 Å². The van der Waals surface area contributed by atoms with Crippen LogP contribution in [0, 0.1) is 0 Å². The highest BCUT2D eigenvalue weighted by Crippen LogP contribution is 2.22. The van der Waals surface area contributed by atoms with Crippen molar-refractivity contribution >= 4 is 0 Å². The molecule has 2 aliphatic rings. The van der Waals surface area contributed by atoms with Crippen LogP contribution in [-0.2, 0) is 0 Å². The minimum absolute atomic E-state index is 0.699. The number of nitrogens with one attached hydrogen (secondary N) is 1. The summed E-state index contributed by atoms with van der Waals surface area (Å²) in [5.74, 6) is 0. The Labute approximate surface area is 113 Å². The molecule has 0 aromatic heterocycles. The highest BCUT2D eigenvalue weighted by molar-refractivity contribution is 4.80. The maximum Gasteiger partial charge on any atom is 0.0228 e. The van der Waals surface area contributed by atoms with E-state index in [4.69, 9.17) is 0 Å². The molecule has 2 aliphatic heterocycles. The molecular weight excluding hydrogens is 222 g/mol. The number of likely N-dealkylation sites (tertiary alicyclic amines) is 1. The first-order valence-corrected chi connectivity index (χ1v) is 7.97. The topological polar surface area (TPSA) is 18.5 Å². The quantitative estimate of drug-likeness (QED) is 0.834. The van der Waals surface area contributed by atoms with Crippen LogP contribution in [0.25, 0.3) is 0 Å². The molecule has 3 nitrogen and oxygen atoms in total. The first-order chi connectivity index (χ1) is 8.70. The van der Waals surface area contributed by atoms with E-state index in [2.05, 4.69) is 36.1 Å². The molecule has 0 aliphatic carbocycles. The molecule has 2 fully saturated rings. The molecule has 0 saturated carbocycles. The van der Waals surface area contributed by atoms with E-state index in [0.717, 1.165) is 0 Å². The van der Waals surface area contributed by atoms with Crippen molar-refractivity contribution in [1.29, 1.82) is 0 Å². The lowest BCUT2D eigenvalue weighted by atomic mass is 9.99. The van der Waals surface area contributed by atoms with Gasteiger partial charge in [0.1, 0.15) is 0 Å². The van der Waals surface area contributed by atoms with Crippen LogP contribution < -0.4 is 5.43 Å². The molecule has 2 heterocycles. The largest absolute Gasteiger partial charge is 0.304 e. The van der Waals surface area contributed by atoms with Gasteiger partial charge in [0.2, 0.25) is 0 Å². The van der Waals surface area contributed by atoms with E-state index < -0.39 is 0 Å². The fourth-order valence-corrected chi connectivity index (χ4v) is 3.49. The van der Waals surface area contributed by atoms with E-state index in [1.807, 2.05) is 0 Å². The molecular formula is C15H31N3. The summed E-state index contributed by atoms with van der Waals surface area (Å²) in [6.45, 7) is 10.8. The first-order valence-electron chi connectivity index (χ1n) is 7.97. The fourth-order valence-electron chi connectivity index (χ4n) is 3.49. The summed E-state index contributed by atoms with van der Waals surface area (Å²) in [4.78, 5) is 2.59. The van der Waals surface area contributed by atoms with Gasteiger partial charge >= 0.3 is 0 Å². The SMILES string of the molecule is CCN1CCCC(NN2C(C)CCCC2C)CC1. The lowest BCUT2D eigenvalue weighted by Crippen LogP contribution is -2.55. The lowest BCUT2D eigenvalue weighted by molar-refractivity contribution is 0.0269. The predicted molar refractivity (Wildman–Crippen MR) is 77.5 cm³/mol. The molecule has 0 aromatic rings. The molecule has 18 heavy (non-hydrogen) atoms. The van der Waals surface area contributed by atoms with Gasteiger partial charge < -0.3 is 4.90 Å². The van der Waals surface area contributed by atoms with Crippen LogP contribution in [0.15, 0.2) is 0 Å². The average molecular weight is 253 g/mol. The van der Waals surface area contributed by atoms with Crippen molar-refractivity contribution in [2.24, 2.45) is 0 Å². The third-order valence-electron chi connectivity index (χ3n) is 4.79. The molecule has 0 amide bonds. The second-order valence-electron chi connectivity index (χ2n) is 6.23. The summed E-state index contributed by atoms with van der Waals surface area (Å²) < 4.78 is 0. The van der Waals surface area contributed by atoms with E-state index in [9.17, 15) is 0 Å². The first kappa shape index (κ1) is 14.3. The second kappa shape index (κ2) is 6.88. The Morgan fingerprint density at radius 3 is 2.33 bits per heavy atom. The Hall–Kier alpha value is -0.120. The Morgan fingerprint density at radius 1 is 0.944 bits per heavy atom. The van der Waals surface area contributed by atoms with E-state index in [0.29, 0.717) is 18.1 Å². The molecule has 2 saturated heterocycles. The molecule has 1 N–H and O–H groups in total. The van der Waals surface area contributed by atoms with E-state index in [1.165, 1.54) is 58.2 Å². The standard InChI is InChI=1S/C15H31N3/c1-4-17-11-6-9-15(10-12-17)16-18-13(2)7-5-8-14(18)3/h13-16H,4-12H2,1-3H3. The minimum Gasteiger partial charge on any atom is -0.304 e. The van der Waals surface area contributed by atoms with Crippen molar-refractivity contribution < 1.29 is 0 Å². The van der Waals surface area contributed by atoms with Gasteiger partial charge in [-0.05, 0) is 65.6 Å². The molecule has 0 aromatic carbocycles. The Bertz CT molecular complexity index is 234. The molecule has 0 bridgehead atoms. The van der Waals surface area contributed by atoms with Crippen LogP contribution >= 0.6 is 0 Å². The monoisotopic (exact) mass is 253 g/mol. The summed E-state index contributed by atoms with van der Waals surface area (Å²) in [6.07, 6.45) is 8.10. The van der Waals surface area contributed by atoms with Crippen molar-refractivity contribution in [3.63, 3.8) is 0 Å². The second-order valence-corrected chi connectivity index (χ2v) is 6.23. The van der Waals surface area contributed by atoms with Crippen LogP contribution in [0.4, 0.5) is 0 Å². The fraction of sp³-hybridized carbons (Fsp3) is 1.00. The number of hydrogen-bond acceptors (Lipinski definition) is 3. The summed E-state index contributed by atoms with van der Waals surface area (Å²) in [7, 11) is 0. The van der Waals surface area contributed by atoms with Gasteiger partial charge in [-0.2, -0.15) is 0 Å². The van der Waals surface area contributed by atoms with Crippen molar-refractivity contribution in [3.05, 3.63) is 0 Å². The highest BCUT2D eigenvalue weighted by Gasteiger charge is 2.27. The smallest absolute Gasteiger partial charge is 0.0228 e. The predicted octanol–water partition coefficient (Wildman–Crippen LogP) is 2.63. The number of nitrogens with zero attached hydrogens (tertiary/aromatic N) is 2. The maximum absolute atomic E-state index is 3.85. The molecule has 106 valence electrons. The van der Waals surface area contributed by atoms with E-state index in [-0.39, 0.29) is 0 Å². The van der Waals surface area contributed by atoms with Crippen LogP contribution in [0.1, 0.15) is 59.3 Å². The third kappa shape index (κ3) is 3.69. The van der Waals surface area contributed by atoms with Crippen molar-refractivity contribution in [3.8, 4) is 0 Å². The van der Waals surface area contributed by atoms with Gasteiger partial charge in [0, 0.05) is 18.1 Å². The van der Waals surface area contributed by atoms with Crippen molar-refractivity contribution in [1.82, 2.24) is 15.3 Å². The van der Waals surface area contributed by atoms with Crippen molar-refractivity contribution in [2.45, 2.75) is 77.4 Å². The van der Waals surface area contributed by atoms with Crippen LogP contribution in [0.2, 0.25) is 0 Å².